The highest BCUT2D eigenvalue weighted by atomic mass is 16.5. The van der Waals surface area contributed by atoms with Crippen molar-refractivity contribution in [2.24, 2.45) is 10.8 Å². The van der Waals surface area contributed by atoms with Crippen molar-refractivity contribution < 1.29 is 4.74 Å². The van der Waals surface area contributed by atoms with E-state index in [1.54, 1.807) is 0 Å². The molecule has 0 amide bonds. The topological polar surface area (TPSA) is 24.5 Å². The van der Waals surface area contributed by atoms with Crippen LogP contribution >= 0.6 is 0 Å². The highest BCUT2D eigenvalue weighted by Gasteiger charge is 2.37. The third kappa shape index (κ3) is 6.25. The standard InChI is InChI=1S/C18H38N2O/c1-15(16(2,3)4)20(8)13-18(10-9-11-21-14-18)12-19-17(5,6)7/h15,19H,9-14H2,1-8H3. The van der Waals surface area contributed by atoms with Crippen molar-refractivity contribution in [3.63, 3.8) is 0 Å². The first-order chi connectivity index (χ1) is 9.45. The SMILES string of the molecule is CC(N(C)CC1(CNC(C)(C)C)CCCOC1)C(C)(C)C. The lowest BCUT2D eigenvalue weighted by Crippen LogP contribution is -2.54. The first-order valence-electron chi connectivity index (χ1n) is 8.48. The van der Waals surface area contributed by atoms with E-state index < -0.39 is 0 Å². The molecule has 2 atom stereocenters. The fraction of sp³-hybridized carbons (Fsp3) is 1.00. The van der Waals surface area contributed by atoms with Crippen LogP contribution in [0.3, 0.4) is 0 Å². The van der Waals surface area contributed by atoms with E-state index in [0.29, 0.717) is 11.5 Å². The first-order valence-corrected chi connectivity index (χ1v) is 8.48. The van der Waals surface area contributed by atoms with Crippen LogP contribution in [0.15, 0.2) is 0 Å². The Hall–Kier alpha value is -0.120. The minimum Gasteiger partial charge on any atom is -0.381 e. The van der Waals surface area contributed by atoms with E-state index in [0.717, 1.165) is 26.3 Å². The van der Waals surface area contributed by atoms with E-state index in [9.17, 15) is 0 Å². The molecule has 1 fully saturated rings. The van der Waals surface area contributed by atoms with Gasteiger partial charge < -0.3 is 15.0 Å². The predicted molar refractivity (Wildman–Crippen MR) is 91.8 cm³/mol. The van der Waals surface area contributed by atoms with Gasteiger partial charge >= 0.3 is 0 Å². The fourth-order valence-corrected chi connectivity index (χ4v) is 3.01. The zero-order valence-corrected chi connectivity index (χ0v) is 15.7. The van der Waals surface area contributed by atoms with Crippen LogP contribution in [-0.2, 0) is 4.74 Å². The van der Waals surface area contributed by atoms with Crippen molar-refractivity contribution in [1.29, 1.82) is 0 Å². The van der Waals surface area contributed by atoms with Gasteiger partial charge in [0, 0.05) is 36.7 Å². The second-order valence-electron chi connectivity index (χ2n) is 9.22. The van der Waals surface area contributed by atoms with Gasteiger partial charge in [0.25, 0.3) is 0 Å². The molecule has 1 saturated heterocycles. The maximum atomic E-state index is 5.85. The number of hydrogen-bond donors (Lipinski definition) is 1. The maximum Gasteiger partial charge on any atom is 0.0546 e. The molecule has 1 rings (SSSR count). The summed E-state index contributed by atoms with van der Waals surface area (Å²) >= 11 is 0. The number of nitrogens with zero attached hydrogens (tertiary/aromatic N) is 1. The van der Waals surface area contributed by atoms with Gasteiger partial charge in [-0.1, -0.05) is 20.8 Å². The van der Waals surface area contributed by atoms with E-state index in [-0.39, 0.29) is 11.0 Å². The van der Waals surface area contributed by atoms with Crippen LogP contribution in [0.5, 0.6) is 0 Å². The second-order valence-corrected chi connectivity index (χ2v) is 9.22. The average molecular weight is 299 g/mol. The van der Waals surface area contributed by atoms with Crippen LogP contribution in [0.25, 0.3) is 0 Å². The zero-order chi connectivity index (χ0) is 16.3. The highest BCUT2D eigenvalue weighted by molar-refractivity contribution is 4.91. The summed E-state index contributed by atoms with van der Waals surface area (Å²) in [6.07, 6.45) is 2.45. The van der Waals surface area contributed by atoms with Crippen LogP contribution in [0, 0.1) is 10.8 Å². The number of nitrogens with one attached hydrogen (secondary N) is 1. The van der Waals surface area contributed by atoms with Gasteiger partial charge in [0.15, 0.2) is 0 Å². The molecular formula is C18H38N2O. The molecular weight excluding hydrogens is 260 g/mol. The second kappa shape index (κ2) is 6.97. The zero-order valence-electron chi connectivity index (χ0n) is 15.7. The molecule has 0 radical (unpaired) electrons. The van der Waals surface area contributed by atoms with Gasteiger partial charge in [-0.2, -0.15) is 0 Å². The lowest BCUT2D eigenvalue weighted by atomic mass is 9.79. The van der Waals surface area contributed by atoms with Gasteiger partial charge in [-0.15, -0.1) is 0 Å². The molecule has 126 valence electrons. The van der Waals surface area contributed by atoms with E-state index in [1.165, 1.54) is 12.8 Å². The molecule has 1 aliphatic heterocycles. The van der Waals surface area contributed by atoms with Gasteiger partial charge in [0.2, 0.25) is 0 Å². The predicted octanol–water partition coefficient (Wildman–Crippen LogP) is 3.54. The van der Waals surface area contributed by atoms with Crippen molar-refractivity contribution in [3.8, 4) is 0 Å². The summed E-state index contributed by atoms with van der Waals surface area (Å²) in [5.74, 6) is 0. The number of hydrogen-bond acceptors (Lipinski definition) is 3. The van der Waals surface area contributed by atoms with E-state index in [1.807, 2.05) is 0 Å². The number of rotatable bonds is 5. The molecule has 1 heterocycles. The molecule has 0 aromatic rings. The Kier molecular flexibility index (Phi) is 6.28. The Morgan fingerprint density at radius 3 is 2.24 bits per heavy atom. The molecule has 0 aromatic carbocycles. The molecule has 0 bridgehead atoms. The summed E-state index contributed by atoms with van der Waals surface area (Å²) in [4.78, 5) is 2.53. The summed E-state index contributed by atoms with van der Waals surface area (Å²) < 4.78 is 5.85. The summed E-state index contributed by atoms with van der Waals surface area (Å²) in [7, 11) is 2.27. The van der Waals surface area contributed by atoms with E-state index >= 15 is 0 Å². The molecule has 3 nitrogen and oxygen atoms in total. The van der Waals surface area contributed by atoms with Crippen LogP contribution in [0.1, 0.15) is 61.3 Å². The molecule has 2 unspecified atom stereocenters. The normalized spacial score (nSPS) is 26.1. The summed E-state index contributed by atoms with van der Waals surface area (Å²) in [6.45, 7) is 20.0. The van der Waals surface area contributed by atoms with Gasteiger partial charge in [0.1, 0.15) is 0 Å². The van der Waals surface area contributed by atoms with Crippen molar-refractivity contribution >= 4 is 0 Å². The Morgan fingerprint density at radius 2 is 1.81 bits per heavy atom. The average Bonchev–Trinajstić information content (AvgIpc) is 2.35. The quantitative estimate of drug-likeness (QED) is 0.840. The van der Waals surface area contributed by atoms with Crippen LogP contribution in [-0.4, -0.2) is 49.8 Å². The lowest BCUT2D eigenvalue weighted by molar-refractivity contribution is -0.0368. The molecule has 0 spiro atoms. The largest absolute Gasteiger partial charge is 0.381 e. The smallest absolute Gasteiger partial charge is 0.0546 e. The molecule has 0 aromatic heterocycles. The Balaban J connectivity index is 2.73. The van der Waals surface area contributed by atoms with Gasteiger partial charge in [-0.3, -0.25) is 0 Å². The summed E-state index contributed by atoms with van der Waals surface area (Å²) in [5.41, 5.74) is 0.724. The van der Waals surface area contributed by atoms with Crippen molar-refractivity contribution in [3.05, 3.63) is 0 Å². The Labute approximate surface area is 132 Å². The third-order valence-corrected chi connectivity index (χ3v) is 4.90. The Morgan fingerprint density at radius 1 is 1.19 bits per heavy atom. The minimum atomic E-state index is 0.165. The summed E-state index contributed by atoms with van der Waals surface area (Å²) in [5, 5.41) is 3.71. The van der Waals surface area contributed by atoms with Crippen molar-refractivity contribution in [2.45, 2.75) is 72.9 Å². The highest BCUT2D eigenvalue weighted by Crippen LogP contribution is 2.32. The monoisotopic (exact) mass is 298 g/mol. The summed E-state index contributed by atoms with van der Waals surface area (Å²) in [6, 6.07) is 0.561. The van der Waals surface area contributed by atoms with Gasteiger partial charge in [-0.25, -0.2) is 0 Å². The van der Waals surface area contributed by atoms with Crippen LogP contribution in [0.4, 0.5) is 0 Å². The van der Waals surface area contributed by atoms with E-state index in [4.69, 9.17) is 4.74 Å². The van der Waals surface area contributed by atoms with Gasteiger partial charge in [-0.05, 0) is 53.0 Å². The van der Waals surface area contributed by atoms with Crippen LogP contribution in [0.2, 0.25) is 0 Å². The molecule has 3 heteroatoms. The number of ether oxygens (including phenoxy) is 1. The molecule has 0 aliphatic carbocycles. The lowest BCUT2D eigenvalue weighted by Gasteiger charge is -2.45. The van der Waals surface area contributed by atoms with Gasteiger partial charge in [0.05, 0.1) is 6.61 Å². The maximum absolute atomic E-state index is 5.85. The molecule has 0 saturated carbocycles. The van der Waals surface area contributed by atoms with Crippen molar-refractivity contribution in [2.75, 3.05) is 33.4 Å². The molecule has 1 aliphatic rings. The third-order valence-electron chi connectivity index (χ3n) is 4.90. The molecule has 1 N–H and O–H groups in total. The first kappa shape index (κ1) is 18.9. The van der Waals surface area contributed by atoms with Crippen molar-refractivity contribution in [1.82, 2.24) is 10.2 Å². The Bertz CT molecular complexity index is 308. The molecule has 21 heavy (non-hydrogen) atoms. The minimum absolute atomic E-state index is 0.165. The van der Waals surface area contributed by atoms with E-state index in [2.05, 4.69) is 65.7 Å². The fourth-order valence-electron chi connectivity index (χ4n) is 3.01. The van der Waals surface area contributed by atoms with Crippen LogP contribution < -0.4 is 5.32 Å².